The Hall–Kier alpha value is -2.74. The second kappa shape index (κ2) is 6.62. The van der Waals surface area contributed by atoms with Crippen molar-refractivity contribution in [1.82, 2.24) is 15.5 Å². The van der Waals surface area contributed by atoms with Gasteiger partial charge in [-0.25, -0.2) is 0 Å². The van der Waals surface area contributed by atoms with Crippen LogP contribution >= 0.6 is 0 Å². The van der Waals surface area contributed by atoms with Crippen molar-refractivity contribution in [2.75, 3.05) is 6.61 Å². The van der Waals surface area contributed by atoms with Crippen molar-refractivity contribution in [3.8, 4) is 0 Å². The van der Waals surface area contributed by atoms with Crippen LogP contribution in [-0.2, 0) is 6.42 Å². The molecule has 21 heavy (non-hydrogen) atoms. The monoisotopic (exact) mass is 290 g/mol. The number of carbonyl (C=O) groups excluding carboxylic acids is 1. The molecule has 0 spiro atoms. The predicted octanol–water partition coefficient (Wildman–Crippen LogP) is 0.651. The molecule has 0 aliphatic rings. The third-order valence-electron chi connectivity index (χ3n) is 2.92. The van der Waals surface area contributed by atoms with E-state index in [2.05, 4.69) is 15.5 Å². The molecule has 8 nitrogen and oxygen atoms in total. The van der Waals surface area contributed by atoms with Gasteiger partial charge in [-0.15, -0.1) is 0 Å². The number of amides is 1. The molecule has 1 aromatic carbocycles. The quantitative estimate of drug-likeness (QED) is 0.532. The molecule has 2 rings (SSSR count). The Bertz CT molecular complexity index is 626. The Morgan fingerprint density at radius 3 is 2.76 bits per heavy atom. The highest BCUT2D eigenvalue weighted by molar-refractivity contribution is 5.96. The van der Waals surface area contributed by atoms with E-state index < -0.39 is 22.6 Å². The molecule has 1 amide bonds. The SMILES string of the molecule is O=C(NC(CO)Cc1ccccc1)c1[nH]ncc1[N+](=O)[O-]. The van der Waals surface area contributed by atoms with Crippen LogP contribution in [0.1, 0.15) is 16.1 Å². The maximum absolute atomic E-state index is 12.0. The Morgan fingerprint density at radius 1 is 1.43 bits per heavy atom. The number of nitrogens with one attached hydrogen (secondary N) is 2. The number of benzene rings is 1. The summed E-state index contributed by atoms with van der Waals surface area (Å²) in [5.41, 5.74) is 0.311. The van der Waals surface area contributed by atoms with E-state index in [1.165, 1.54) is 0 Å². The number of aliphatic hydroxyl groups is 1. The van der Waals surface area contributed by atoms with Gasteiger partial charge in [0, 0.05) is 0 Å². The second-order valence-electron chi connectivity index (χ2n) is 4.43. The first-order valence-corrected chi connectivity index (χ1v) is 6.25. The van der Waals surface area contributed by atoms with Crippen LogP contribution in [0.5, 0.6) is 0 Å². The van der Waals surface area contributed by atoms with Crippen LogP contribution in [0.15, 0.2) is 36.5 Å². The van der Waals surface area contributed by atoms with Crippen LogP contribution in [-0.4, -0.2) is 38.8 Å². The third kappa shape index (κ3) is 3.63. The van der Waals surface area contributed by atoms with Crippen LogP contribution in [0.2, 0.25) is 0 Å². The molecule has 1 atom stereocenters. The Balaban J connectivity index is 2.06. The minimum absolute atomic E-state index is 0.230. The first-order chi connectivity index (χ1) is 10.1. The van der Waals surface area contributed by atoms with Gasteiger partial charge in [0.15, 0.2) is 0 Å². The van der Waals surface area contributed by atoms with Crippen molar-refractivity contribution in [2.24, 2.45) is 0 Å². The topological polar surface area (TPSA) is 121 Å². The van der Waals surface area contributed by atoms with Gasteiger partial charge >= 0.3 is 5.69 Å². The number of aliphatic hydroxyl groups excluding tert-OH is 1. The lowest BCUT2D eigenvalue weighted by atomic mass is 10.1. The zero-order valence-corrected chi connectivity index (χ0v) is 11.0. The summed E-state index contributed by atoms with van der Waals surface area (Å²) in [5.74, 6) is -0.672. The lowest BCUT2D eigenvalue weighted by Gasteiger charge is -2.15. The first-order valence-electron chi connectivity index (χ1n) is 6.25. The van der Waals surface area contributed by atoms with Gasteiger partial charge in [-0.1, -0.05) is 30.3 Å². The van der Waals surface area contributed by atoms with Gasteiger partial charge in [0.05, 0.1) is 17.6 Å². The van der Waals surface area contributed by atoms with Gasteiger partial charge in [-0.2, -0.15) is 5.10 Å². The van der Waals surface area contributed by atoms with Crippen LogP contribution in [0.3, 0.4) is 0 Å². The summed E-state index contributed by atoms with van der Waals surface area (Å²) in [6.07, 6.45) is 1.39. The standard InChI is InChI=1S/C13H14N4O4/c18-8-10(6-9-4-2-1-3-5-9)15-13(19)12-11(17(20)21)7-14-16-12/h1-5,7,10,18H,6,8H2,(H,14,16)(H,15,19). The molecule has 0 aliphatic carbocycles. The summed E-state index contributed by atoms with van der Waals surface area (Å²) in [7, 11) is 0. The summed E-state index contributed by atoms with van der Waals surface area (Å²) in [6, 6.07) is 8.77. The van der Waals surface area contributed by atoms with E-state index in [9.17, 15) is 20.0 Å². The maximum atomic E-state index is 12.0. The number of hydrogen-bond donors (Lipinski definition) is 3. The number of carbonyl (C=O) groups is 1. The molecule has 8 heteroatoms. The van der Waals surface area contributed by atoms with Gasteiger partial charge in [-0.05, 0) is 12.0 Å². The number of rotatable bonds is 6. The Kier molecular flexibility index (Phi) is 4.62. The number of nitro groups is 1. The fourth-order valence-corrected chi connectivity index (χ4v) is 1.90. The average Bonchev–Trinajstić information content (AvgIpc) is 2.97. The highest BCUT2D eigenvalue weighted by atomic mass is 16.6. The Labute approximate surface area is 120 Å². The zero-order chi connectivity index (χ0) is 15.2. The molecule has 1 heterocycles. The summed E-state index contributed by atoms with van der Waals surface area (Å²) >= 11 is 0. The van der Waals surface area contributed by atoms with Gasteiger partial charge in [0.25, 0.3) is 5.91 Å². The third-order valence-corrected chi connectivity index (χ3v) is 2.92. The summed E-state index contributed by atoms with van der Waals surface area (Å²) in [6.45, 7) is -0.275. The number of aromatic nitrogens is 2. The van der Waals surface area contributed by atoms with Gasteiger partial charge in [-0.3, -0.25) is 20.0 Å². The normalized spacial score (nSPS) is 11.9. The largest absolute Gasteiger partial charge is 0.394 e. The van der Waals surface area contributed by atoms with Crippen LogP contribution < -0.4 is 5.32 Å². The van der Waals surface area contributed by atoms with Gasteiger partial charge in [0.1, 0.15) is 6.20 Å². The maximum Gasteiger partial charge on any atom is 0.319 e. The minimum atomic E-state index is -0.691. The first kappa shape index (κ1) is 14.7. The summed E-state index contributed by atoms with van der Waals surface area (Å²) < 4.78 is 0. The smallest absolute Gasteiger partial charge is 0.319 e. The van der Waals surface area contributed by atoms with E-state index in [0.717, 1.165) is 11.8 Å². The van der Waals surface area contributed by atoms with Crippen molar-refractivity contribution in [3.05, 3.63) is 57.9 Å². The summed E-state index contributed by atoms with van der Waals surface area (Å²) in [4.78, 5) is 22.1. The van der Waals surface area contributed by atoms with E-state index in [1.807, 2.05) is 30.3 Å². The number of hydrogen-bond acceptors (Lipinski definition) is 5. The van der Waals surface area contributed by atoms with E-state index in [-0.39, 0.29) is 12.3 Å². The highest BCUT2D eigenvalue weighted by Gasteiger charge is 2.24. The molecule has 0 radical (unpaired) electrons. The molecule has 1 aromatic heterocycles. The number of H-pyrrole nitrogens is 1. The summed E-state index contributed by atoms with van der Waals surface area (Å²) in [5, 5.41) is 28.4. The van der Waals surface area contributed by atoms with E-state index in [1.54, 1.807) is 0 Å². The fraction of sp³-hybridized carbons (Fsp3) is 0.231. The lowest BCUT2D eigenvalue weighted by molar-refractivity contribution is -0.385. The van der Waals surface area contributed by atoms with Crippen molar-refractivity contribution >= 4 is 11.6 Å². The molecular weight excluding hydrogens is 276 g/mol. The van der Waals surface area contributed by atoms with E-state index in [4.69, 9.17) is 0 Å². The number of aromatic amines is 1. The number of nitrogens with zero attached hydrogens (tertiary/aromatic N) is 2. The molecule has 0 bridgehead atoms. The molecule has 0 saturated carbocycles. The van der Waals surface area contributed by atoms with Crippen molar-refractivity contribution in [1.29, 1.82) is 0 Å². The van der Waals surface area contributed by atoms with Crippen molar-refractivity contribution < 1.29 is 14.8 Å². The molecule has 1 unspecified atom stereocenters. The fourth-order valence-electron chi connectivity index (χ4n) is 1.90. The predicted molar refractivity (Wildman–Crippen MR) is 73.7 cm³/mol. The van der Waals surface area contributed by atoms with E-state index >= 15 is 0 Å². The van der Waals surface area contributed by atoms with Crippen molar-refractivity contribution in [2.45, 2.75) is 12.5 Å². The highest BCUT2D eigenvalue weighted by Crippen LogP contribution is 2.14. The van der Waals surface area contributed by atoms with Crippen LogP contribution in [0.4, 0.5) is 5.69 Å². The molecule has 2 aromatic rings. The van der Waals surface area contributed by atoms with Crippen molar-refractivity contribution in [3.63, 3.8) is 0 Å². The van der Waals surface area contributed by atoms with E-state index in [0.29, 0.717) is 6.42 Å². The van der Waals surface area contributed by atoms with Gasteiger partial charge in [0.2, 0.25) is 5.69 Å². The van der Waals surface area contributed by atoms with Crippen LogP contribution in [0.25, 0.3) is 0 Å². The molecule has 110 valence electrons. The zero-order valence-electron chi connectivity index (χ0n) is 11.0. The van der Waals surface area contributed by atoms with Gasteiger partial charge < -0.3 is 10.4 Å². The Morgan fingerprint density at radius 2 is 2.14 bits per heavy atom. The molecule has 3 N–H and O–H groups in total. The molecular formula is C13H14N4O4. The molecule has 0 saturated heterocycles. The lowest BCUT2D eigenvalue weighted by Crippen LogP contribution is -2.39. The molecule has 0 aliphatic heterocycles. The molecule has 0 fully saturated rings. The van der Waals surface area contributed by atoms with Crippen LogP contribution in [0, 0.1) is 10.1 Å². The minimum Gasteiger partial charge on any atom is -0.394 e. The second-order valence-corrected chi connectivity index (χ2v) is 4.43. The average molecular weight is 290 g/mol.